The average molecular weight is 266 g/mol. The second-order valence-electron chi connectivity index (χ2n) is 4.41. The summed E-state index contributed by atoms with van der Waals surface area (Å²) in [4.78, 5) is 12.2. The molecule has 3 rings (SSSR count). The maximum atomic E-state index is 12.2. The Morgan fingerprint density at radius 3 is 2.80 bits per heavy atom. The summed E-state index contributed by atoms with van der Waals surface area (Å²) >= 11 is 0. The van der Waals surface area contributed by atoms with Gasteiger partial charge in [-0.25, -0.2) is 10.4 Å². The van der Waals surface area contributed by atoms with Crippen molar-refractivity contribution >= 4 is 12.0 Å². The van der Waals surface area contributed by atoms with Crippen LogP contribution in [0.5, 0.6) is 0 Å². The topological polar surface area (TPSA) is 45.5 Å². The maximum absolute atomic E-state index is 12.2. The Bertz CT molecular complexity index is 630. The quantitative estimate of drug-likeness (QED) is 0.929. The highest BCUT2D eigenvalue weighted by Gasteiger charge is 2.19. The van der Waals surface area contributed by atoms with Crippen LogP contribution in [0.1, 0.15) is 16.1 Å². The van der Waals surface area contributed by atoms with Gasteiger partial charge >= 0.3 is 0 Å². The van der Waals surface area contributed by atoms with Crippen LogP contribution in [0.4, 0.5) is 0 Å². The number of hydrogen-bond acceptors (Lipinski definition) is 3. The number of furan rings is 1. The molecule has 0 bridgehead atoms. The largest absolute Gasteiger partial charge is 0.465 e. The van der Waals surface area contributed by atoms with Gasteiger partial charge in [-0.2, -0.15) is 0 Å². The summed E-state index contributed by atoms with van der Waals surface area (Å²) in [6.45, 7) is 0. The zero-order valence-corrected chi connectivity index (χ0v) is 10.8. The normalized spacial score (nSPS) is 18.0. The maximum Gasteiger partial charge on any atom is 0.272 e. The number of benzene rings is 1. The number of carbonyl (C=O) groups excluding carboxylic acids is 1. The van der Waals surface area contributed by atoms with Gasteiger partial charge in [0, 0.05) is 11.8 Å². The summed E-state index contributed by atoms with van der Waals surface area (Å²) in [5, 5.41) is 1.49. The summed E-state index contributed by atoms with van der Waals surface area (Å²) < 4.78 is 5.22. The minimum atomic E-state index is -0.0734. The molecule has 1 aromatic carbocycles. The summed E-state index contributed by atoms with van der Waals surface area (Å²) in [7, 11) is 0. The molecule has 1 aliphatic heterocycles. The smallest absolute Gasteiger partial charge is 0.272 e. The van der Waals surface area contributed by atoms with E-state index in [1.807, 2.05) is 48.6 Å². The van der Waals surface area contributed by atoms with Crippen molar-refractivity contribution in [3.05, 3.63) is 78.4 Å². The van der Waals surface area contributed by atoms with E-state index in [-0.39, 0.29) is 11.9 Å². The van der Waals surface area contributed by atoms with Crippen LogP contribution in [-0.2, 0) is 0 Å². The van der Waals surface area contributed by atoms with E-state index in [4.69, 9.17) is 4.42 Å². The van der Waals surface area contributed by atoms with Crippen molar-refractivity contribution in [1.82, 2.24) is 10.4 Å². The van der Waals surface area contributed by atoms with E-state index >= 15 is 0 Å². The van der Waals surface area contributed by atoms with Gasteiger partial charge in [0.1, 0.15) is 5.76 Å². The lowest BCUT2D eigenvalue weighted by Gasteiger charge is -2.16. The van der Waals surface area contributed by atoms with Gasteiger partial charge in [-0.15, -0.1) is 0 Å². The first-order valence-corrected chi connectivity index (χ1v) is 6.38. The highest BCUT2D eigenvalue weighted by molar-refractivity contribution is 5.94. The molecular weight excluding hydrogens is 252 g/mol. The molecule has 0 spiro atoms. The monoisotopic (exact) mass is 266 g/mol. The van der Waals surface area contributed by atoms with Crippen molar-refractivity contribution in [3.63, 3.8) is 0 Å². The van der Waals surface area contributed by atoms with Gasteiger partial charge in [-0.05, 0) is 36.4 Å². The third-order valence-corrected chi connectivity index (χ3v) is 2.98. The molecule has 1 N–H and O–H groups in total. The highest BCUT2D eigenvalue weighted by Crippen LogP contribution is 2.11. The van der Waals surface area contributed by atoms with Gasteiger partial charge in [0.25, 0.3) is 5.91 Å². The molecule has 1 amide bonds. The van der Waals surface area contributed by atoms with Crippen molar-refractivity contribution in [1.29, 1.82) is 0 Å². The summed E-state index contributed by atoms with van der Waals surface area (Å²) in [5.41, 5.74) is 3.75. The average Bonchev–Trinajstić information content (AvgIpc) is 3.17. The number of hydrazine groups is 1. The lowest BCUT2D eigenvalue weighted by atomic mass is 10.2. The van der Waals surface area contributed by atoms with E-state index in [9.17, 15) is 4.79 Å². The molecule has 0 fully saturated rings. The van der Waals surface area contributed by atoms with Crippen molar-refractivity contribution in [3.8, 4) is 0 Å². The number of nitrogens with zero attached hydrogens (tertiary/aromatic N) is 1. The van der Waals surface area contributed by atoms with Gasteiger partial charge in [-0.1, -0.05) is 24.3 Å². The predicted molar refractivity (Wildman–Crippen MR) is 76.4 cm³/mol. The van der Waals surface area contributed by atoms with Crippen molar-refractivity contribution in [2.45, 2.75) is 6.04 Å². The third kappa shape index (κ3) is 2.70. The summed E-state index contributed by atoms with van der Waals surface area (Å²) in [6.07, 6.45) is 9.10. The third-order valence-electron chi connectivity index (χ3n) is 2.98. The van der Waals surface area contributed by atoms with Crippen LogP contribution >= 0.6 is 0 Å². The zero-order chi connectivity index (χ0) is 13.8. The molecule has 1 aromatic heterocycles. The van der Waals surface area contributed by atoms with Crippen LogP contribution in [0.25, 0.3) is 6.08 Å². The fourth-order valence-electron chi connectivity index (χ4n) is 1.96. The SMILES string of the molecule is O=C(c1ccccc1)N1C=CC(C=Cc2ccco2)N1. The fourth-order valence-corrected chi connectivity index (χ4v) is 1.96. The number of rotatable bonds is 3. The van der Waals surface area contributed by atoms with Crippen LogP contribution in [-0.4, -0.2) is 17.0 Å². The van der Waals surface area contributed by atoms with Crippen LogP contribution < -0.4 is 5.43 Å². The van der Waals surface area contributed by atoms with Gasteiger partial charge < -0.3 is 4.42 Å². The fraction of sp³-hybridized carbons (Fsp3) is 0.0625. The molecule has 0 saturated carbocycles. The second-order valence-corrected chi connectivity index (χ2v) is 4.41. The van der Waals surface area contributed by atoms with Crippen molar-refractivity contribution < 1.29 is 9.21 Å². The minimum absolute atomic E-state index is 0.0206. The van der Waals surface area contributed by atoms with Crippen LogP contribution in [0.2, 0.25) is 0 Å². The molecule has 100 valence electrons. The van der Waals surface area contributed by atoms with E-state index in [1.54, 1.807) is 24.6 Å². The van der Waals surface area contributed by atoms with Crippen molar-refractivity contribution in [2.24, 2.45) is 0 Å². The van der Waals surface area contributed by atoms with E-state index in [0.717, 1.165) is 5.76 Å². The first-order chi connectivity index (χ1) is 9.83. The van der Waals surface area contributed by atoms with E-state index in [1.165, 1.54) is 5.01 Å². The van der Waals surface area contributed by atoms with E-state index < -0.39 is 0 Å². The van der Waals surface area contributed by atoms with E-state index in [0.29, 0.717) is 5.56 Å². The van der Waals surface area contributed by atoms with Crippen molar-refractivity contribution in [2.75, 3.05) is 0 Å². The van der Waals surface area contributed by atoms with Crippen LogP contribution in [0.15, 0.2) is 71.5 Å². The number of carbonyl (C=O) groups is 1. The second kappa shape index (κ2) is 5.59. The number of nitrogens with one attached hydrogen (secondary N) is 1. The summed E-state index contributed by atoms with van der Waals surface area (Å²) in [5.74, 6) is 0.712. The summed E-state index contributed by atoms with van der Waals surface area (Å²) in [6, 6.07) is 12.9. The Hall–Kier alpha value is -2.59. The minimum Gasteiger partial charge on any atom is -0.465 e. The Labute approximate surface area is 117 Å². The standard InChI is InChI=1S/C16H14N2O2/c19-16(13-5-2-1-3-6-13)18-11-10-14(17-18)8-9-15-7-4-12-20-15/h1-12,14,17H. The zero-order valence-electron chi connectivity index (χ0n) is 10.8. The first-order valence-electron chi connectivity index (χ1n) is 6.38. The van der Waals surface area contributed by atoms with Gasteiger partial charge in [0.15, 0.2) is 0 Å². The lowest BCUT2D eigenvalue weighted by molar-refractivity contribution is 0.0769. The molecule has 0 radical (unpaired) electrons. The molecule has 1 unspecified atom stereocenters. The molecule has 4 nitrogen and oxygen atoms in total. The molecule has 1 aliphatic rings. The number of hydrogen-bond donors (Lipinski definition) is 1. The van der Waals surface area contributed by atoms with E-state index in [2.05, 4.69) is 5.43 Å². The van der Waals surface area contributed by atoms with Gasteiger partial charge in [-0.3, -0.25) is 4.79 Å². The molecular formula is C16H14N2O2. The predicted octanol–water partition coefficient (Wildman–Crippen LogP) is 2.84. The van der Waals surface area contributed by atoms with Gasteiger partial charge in [0.2, 0.25) is 0 Å². The Kier molecular flexibility index (Phi) is 3.48. The molecule has 1 atom stereocenters. The molecule has 20 heavy (non-hydrogen) atoms. The Morgan fingerprint density at radius 1 is 1.20 bits per heavy atom. The molecule has 0 aliphatic carbocycles. The first kappa shape index (κ1) is 12.4. The van der Waals surface area contributed by atoms with Crippen LogP contribution in [0, 0.1) is 0 Å². The number of amides is 1. The molecule has 2 heterocycles. The molecule has 0 saturated heterocycles. The Morgan fingerprint density at radius 2 is 2.05 bits per heavy atom. The molecule has 4 heteroatoms. The lowest BCUT2D eigenvalue weighted by Crippen LogP contribution is -2.38. The van der Waals surface area contributed by atoms with Gasteiger partial charge in [0.05, 0.1) is 12.3 Å². The highest BCUT2D eigenvalue weighted by atomic mass is 16.3. The van der Waals surface area contributed by atoms with Crippen LogP contribution in [0.3, 0.4) is 0 Å². The molecule has 2 aromatic rings. The Balaban J connectivity index is 1.63.